The van der Waals surface area contributed by atoms with Crippen LogP contribution in [0.25, 0.3) is 0 Å². The van der Waals surface area contributed by atoms with E-state index in [1.165, 1.54) is 24.3 Å². The Kier molecular flexibility index (Phi) is 37.7. The molecular weight excluding hydrogens is 1270 g/mol. The molecule has 5 rings (SSSR count). The number of fused-ring (bicyclic) bond motifs is 4. The van der Waals surface area contributed by atoms with E-state index in [1.807, 2.05) is 78.8 Å². The molecule has 0 aromatic rings. The summed E-state index contributed by atoms with van der Waals surface area (Å²) >= 11 is 0. The van der Waals surface area contributed by atoms with E-state index in [2.05, 4.69) is 0 Å². The van der Waals surface area contributed by atoms with Crippen molar-refractivity contribution in [3.8, 4) is 0 Å². The van der Waals surface area contributed by atoms with Crippen molar-refractivity contribution in [1.29, 1.82) is 0 Å². The van der Waals surface area contributed by atoms with Gasteiger partial charge >= 0.3 is 11.9 Å². The molecule has 9 N–H and O–H groups in total. The number of hydrogen-bond acceptors (Lipinski definition) is 21. The Morgan fingerprint density at radius 3 is 1.28 bits per heavy atom. The highest BCUT2D eigenvalue weighted by Gasteiger charge is 2.43. The van der Waals surface area contributed by atoms with Crippen LogP contribution in [0.4, 0.5) is 0 Å². The quantitative estimate of drug-likeness (QED) is 0.0514. The van der Waals surface area contributed by atoms with E-state index < -0.39 is 145 Å². The molecule has 0 radical (unpaired) electrons. The number of cyclic esters (lactones) is 2. The number of esters is 2. The summed E-state index contributed by atoms with van der Waals surface area (Å²) in [7, 11) is 6.52. The lowest BCUT2D eigenvalue weighted by Gasteiger charge is -2.38. The third-order valence-electron chi connectivity index (χ3n) is 22.3. The van der Waals surface area contributed by atoms with E-state index in [1.54, 1.807) is 69.1 Å². The van der Waals surface area contributed by atoms with Crippen LogP contribution in [0.3, 0.4) is 0 Å². The van der Waals surface area contributed by atoms with Crippen molar-refractivity contribution >= 4 is 11.9 Å². The van der Waals surface area contributed by atoms with Crippen LogP contribution in [-0.4, -0.2) is 227 Å². The Morgan fingerprint density at radius 1 is 0.465 bits per heavy atom. The summed E-state index contributed by atoms with van der Waals surface area (Å²) in [5.74, 6) is -5.84. The fourth-order valence-corrected chi connectivity index (χ4v) is 15.4. The van der Waals surface area contributed by atoms with Gasteiger partial charge in [0.1, 0.15) is 12.2 Å². The minimum absolute atomic E-state index is 0.0219. The van der Waals surface area contributed by atoms with E-state index in [9.17, 15) is 55.5 Å². The third kappa shape index (κ3) is 28.3. The van der Waals surface area contributed by atoms with Gasteiger partial charge in [-0.3, -0.25) is 0 Å². The lowest BCUT2D eigenvalue weighted by molar-refractivity contribution is -0.158. The average Bonchev–Trinajstić information content (AvgIpc) is 0.895. The van der Waals surface area contributed by atoms with Crippen LogP contribution in [0.2, 0.25) is 0 Å². The van der Waals surface area contributed by atoms with Gasteiger partial charge in [0.05, 0.1) is 128 Å². The molecule has 0 amide bonds. The summed E-state index contributed by atoms with van der Waals surface area (Å²) in [4.78, 5) is 27.8. The smallest absolute Gasteiger partial charge is 0.331 e. The number of carbonyl (C=O) groups is 2. The first-order valence-corrected chi connectivity index (χ1v) is 37.2. The maximum Gasteiger partial charge on any atom is 0.331 e. The molecule has 21 heteroatoms. The summed E-state index contributed by atoms with van der Waals surface area (Å²) < 4.78 is 61.2. The number of carbonyl (C=O) groups excluding carboxylic acids is 2. The van der Waals surface area contributed by atoms with Crippen molar-refractivity contribution in [3.63, 3.8) is 0 Å². The number of methoxy groups -OCH3 is 4. The number of aliphatic hydroxyl groups is 9. The first kappa shape index (κ1) is 86.3. The molecule has 0 spiro atoms. The summed E-state index contributed by atoms with van der Waals surface area (Å²) in [5.41, 5.74) is 1.12. The van der Waals surface area contributed by atoms with Gasteiger partial charge < -0.3 is 93.3 Å². The zero-order chi connectivity index (χ0) is 73.4. The lowest BCUT2D eigenvalue weighted by atomic mass is 9.78. The maximum absolute atomic E-state index is 13.9. The van der Waals surface area contributed by atoms with Crippen molar-refractivity contribution in [2.24, 2.45) is 47.3 Å². The molecule has 99 heavy (non-hydrogen) atoms. The molecule has 2 fully saturated rings. The van der Waals surface area contributed by atoms with Crippen LogP contribution >= 0.6 is 0 Å². The zero-order valence-corrected chi connectivity index (χ0v) is 62.6. The molecule has 4 bridgehead atoms. The molecule has 2 saturated heterocycles. The van der Waals surface area contributed by atoms with E-state index in [0.717, 1.165) is 25.7 Å². The Balaban J connectivity index is 1.38. The Hall–Kier alpha value is -3.30. The average molecular weight is 1410 g/mol. The lowest BCUT2D eigenvalue weighted by Crippen LogP contribution is -2.45. The molecule has 5 heterocycles. The fraction of sp³-hybridized carbons (Fsp3) is 0.821. The van der Waals surface area contributed by atoms with Crippen LogP contribution in [-0.2, 0) is 57.0 Å². The summed E-state index contributed by atoms with van der Waals surface area (Å²) in [6, 6.07) is 0. The van der Waals surface area contributed by atoms with Gasteiger partial charge in [-0.1, -0.05) is 115 Å². The van der Waals surface area contributed by atoms with E-state index in [-0.39, 0.29) is 86.7 Å². The molecule has 21 nitrogen and oxygen atoms in total. The van der Waals surface area contributed by atoms with Gasteiger partial charge in [0.15, 0.2) is 0 Å². The SMILES string of the molecule is CO[C@H]1C[C@H](CC[C@H](C)[C@H](O)[C@H](C)[C@H]2OC(=O)/C=C/C(C)=C/C(O)[C@H](O)C[C@@H]3C=CC[C@@H](C[C@@H](OC)[C@H](C)[C@@H](O)C[C@@H](O)[C@H](C)[C@@H]([C@@H](C)[C@@H](O)[C@@H](C)CC[C@H]4C[C@H](OC)C[C@H](C)O4)OC(=O)/C=C/C(C)=C/C[C@H](O)C[C@@H]4C=CC[C@@H](C[C@@H](OC)[C@H](C)[C@@H](O)C[C@@H](O)[C@@H]2C)O4)O3)O[C@@H](C)C1. The molecule has 570 valence electrons. The van der Waals surface area contributed by atoms with Crippen molar-refractivity contribution in [2.45, 2.75) is 333 Å². The highest BCUT2D eigenvalue weighted by Crippen LogP contribution is 2.37. The second-order valence-electron chi connectivity index (χ2n) is 30.5. The molecule has 0 saturated carbocycles. The van der Waals surface area contributed by atoms with Crippen LogP contribution in [0, 0.1) is 47.3 Å². The van der Waals surface area contributed by atoms with Crippen molar-refractivity contribution < 1.29 is 103 Å². The minimum atomic E-state index is -1.36. The van der Waals surface area contributed by atoms with Crippen LogP contribution < -0.4 is 0 Å². The number of ether oxygens (including phenoxy) is 10. The molecule has 31 atom stereocenters. The van der Waals surface area contributed by atoms with Crippen LogP contribution in [0.1, 0.15) is 192 Å². The topological polar surface area (TPSA) is 309 Å². The van der Waals surface area contributed by atoms with Crippen molar-refractivity contribution in [2.75, 3.05) is 28.4 Å². The zero-order valence-electron chi connectivity index (χ0n) is 62.6. The standard InChI is InChI=1S/C78H132O21/c1-44-23-28-56(79)36-57-19-17-21-59(96-57)40-71(92-15)50(7)65(80)42-68(83)53(10)78(55(12)76(89)47(4)27-30-62-38-64(91-14)35-49(6)95-62)99-74(87)32-25-45(2)33-69(84)70(85)39-58-20-18-22-60(97-58)41-72(93-16)51(8)66(81)43-67(82)52(9)77(98-73(86)31-24-44)54(11)75(88)46(3)26-29-61-37-63(90-13)34-48(5)94-61/h17-20,23-25,31-33,46-72,75-85,88-89H,21-22,26-30,34-43H2,1-16H3/b31-24+,32-25+,44-23+,45-33+/t46-,47-,48-,49-,50+,51+,52-,53-,54-,55-,56-,57-,58-,59-,60-,61-,62-,63+,64+,65-,66-,67+,68+,69?,70+,71+,72+,75-,76-,77-,78-/m0/s1. The number of allylic oxidation sites excluding steroid dienone is 4. The fourth-order valence-electron chi connectivity index (χ4n) is 15.4. The highest BCUT2D eigenvalue weighted by molar-refractivity contribution is 5.83. The molecule has 0 aliphatic carbocycles. The van der Waals surface area contributed by atoms with Gasteiger partial charge in [-0.25, -0.2) is 9.59 Å². The molecule has 5 aliphatic rings. The summed E-state index contributed by atoms with van der Waals surface area (Å²) in [5, 5.41) is 106. The highest BCUT2D eigenvalue weighted by atomic mass is 16.6. The maximum atomic E-state index is 13.9. The summed E-state index contributed by atoms with van der Waals surface area (Å²) in [6.45, 7) is 22.2. The van der Waals surface area contributed by atoms with Gasteiger partial charge in [0, 0.05) is 102 Å². The first-order valence-electron chi connectivity index (χ1n) is 37.2. The molecule has 0 aromatic heterocycles. The minimum Gasteiger partial charge on any atom is -0.458 e. The van der Waals surface area contributed by atoms with E-state index >= 15 is 0 Å². The van der Waals surface area contributed by atoms with Gasteiger partial charge in [-0.2, -0.15) is 0 Å². The normalized spacial score (nSPS) is 41.5. The number of rotatable bonds is 16. The van der Waals surface area contributed by atoms with Crippen LogP contribution in [0.5, 0.6) is 0 Å². The Labute approximate surface area is 592 Å². The second kappa shape index (κ2) is 43.2. The molecule has 0 aromatic carbocycles. The monoisotopic (exact) mass is 1400 g/mol. The van der Waals surface area contributed by atoms with Crippen molar-refractivity contribution in [1.82, 2.24) is 0 Å². The largest absolute Gasteiger partial charge is 0.458 e. The number of hydrogen-bond donors (Lipinski definition) is 9. The van der Waals surface area contributed by atoms with Gasteiger partial charge in [0.2, 0.25) is 0 Å². The molecule has 5 aliphatic heterocycles. The number of aliphatic hydroxyl groups excluding tert-OH is 9. The van der Waals surface area contributed by atoms with Crippen LogP contribution in [0.15, 0.2) is 71.9 Å². The van der Waals surface area contributed by atoms with Gasteiger partial charge in [0.25, 0.3) is 0 Å². The Bertz CT molecular complexity index is 2520. The van der Waals surface area contributed by atoms with Gasteiger partial charge in [-0.05, 0) is 123 Å². The van der Waals surface area contributed by atoms with Crippen molar-refractivity contribution in [3.05, 3.63) is 71.9 Å². The first-order chi connectivity index (χ1) is 46.8. The molecule has 1 unspecified atom stereocenters. The predicted octanol–water partition coefficient (Wildman–Crippen LogP) is 9.08. The second-order valence-corrected chi connectivity index (χ2v) is 30.5. The van der Waals surface area contributed by atoms with E-state index in [4.69, 9.17) is 47.4 Å². The van der Waals surface area contributed by atoms with E-state index in [0.29, 0.717) is 62.5 Å². The predicted molar refractivity (Wildman–Crippen MR) is 379 cm³/mol. The molecular formula is C78H132O21. The third-order valence-corrected chi connectivity index (χ3v) is 22.3. The Morgan fingerprint density at radius 2 is 0.869 bits per heavy atom. The summed E-state index contributed by atoms with van der Waals surface area (Å²) in [6.07, 6.45) is 9.79. The van der Waals surface area contributed by atoms with Gasteiger partial charge in [-0.15, -0.1) is 0 Å².